The van der Waals surface area contributed by atoms with E-state index in [9.17, 15) is 4.79 Å². The third-order valence-electron chi connectivity index (χ3n) is 3.93. The summed E-state index contributed by atoms with van der Waals surface area (Å²) in [6.45, 7) is 3.92. The minimum Gasteiger partial charge on any atom is -0.478 e. The molecule has 2 rings (SSSR count). The summed E-state index contributed by atoms with van der Waals surface area (Å²) in [4.78, 5) is 13.0. The zero-order valence-corrected chi connectivity index (χ0v) is 13.0. The fourth-order valence-corrected chi connectivity index (χ4v) is 2.85. The highest BCUT2D eigenvalue weighted by atomic mass is 35.5. The van der Waals surface area contributed by atoms with Crippen molar-refractivity contribution in [2.75, 3.05) is 25.1 Å². The Morgan fingerprint density at radius 2 is 2.29 bits per heavy atom. The van der Waals surface area contributed by atoms with Crippen molar-refractivity contribution in [1.29, 1.82) is 0 Å². The van der Waals surface area contributed by atoms with Crippen LogP contribution in [0.5, 0.6) is 0 Å². The zero-order chi connectivity index (χ0) is 15.4. The number of hydrogen-bond donors (Lipinski definition) is 1. The predicted octanol–water partition coefficient (Wildman–Crippen LogP) is 3.30. The van der Waals surface area contributed by atoms with Crippen LogP contribution in [-0.4, -0.2) is 37.4 Å². The Balaban J connectivity index is 2.28. The van der Waals surface area contributed by atoms with Crippen molar-refractivity contribution in [2.24, 2.45) is 5.92 Å². The Kier molecular flexibility index (Phi) is 5.26. The molecule has 1 aromatic carbocycles. The topological polar surface area (TPSA) is 49.8 Å². The quantitative estimate of drug-likeness (QED) is 0.867. The van der Waals surface area contributed by atoms with Gasteiger partial charge in [0.2, 0.25) is 0 Å². The van der Waals surface area contributed by atoms with Crippen molar-refractivity contribution >= 4 is 29.3 Å². The van der Waals surface area contributed by atoms with Crippen molar-refractivity contribution in [1.82, 2.24) is 0 Å². The van der Waals surface area contributed by atoms with E-state index in [1.165, 1.54) is 0 Å². The van der Waals surface area contributed by atoms with Gasteiger partial charge < -0.3 is 14.7 Å². The van der Waals surface area contributed by atoms with Crippen LogP contribution in [0.3, 0.4) is 0 Å². The van der Waals surface area contributed by atoms with E-state index >= 15 is 0 Å². The normalized spacial score (nSPS) is 22.7. The minimum absolute atomic E-state index is 0.186. The van der Waals surface area contributed by atoms with Gasteiger partial charge in [-0.2, -0.15) is 0 Å². The van der Waals surface area contributed by atoms with Crippen LogP contribution < -0.4 is 4.90 Å². The van der Waals surface area contributed by atoms with Gasteiger partial charge in [0, 0.05) is 37.0 Å². The van der Waals surface area contributed by atoms with E-state index in [4.69, 9.17) is 21.4 Å². The molecule has 5 heteroatoms. The molecule has 1 saturated heterocycles. The number of hydrogen-bond acceptors (Lipinski definition) is 3. The number of ether oxygens (including phenoxy) is 1. The van der Waals surface area contributed by atoms with Crippen LogP contribution in [0.15, 0.2) is 24.3 Å². The molecule has 2 atom stereocenters. The van der Waals surface area contributed by atoms with Gasteiger partial charge in [-0.1, -0.05) is 18.5 Å². The number of carboxylic acid groups (broad SMARTS) is 1. The van der Waals surface area contributed by atoms with Crippen LogP contribution in [0, 0.1) is 5.92 Å². The van der Waals surface area contributed by atoms with Gasteiger partial charge in [0.15, 0.2) is 0 Å². The molecule has 1 aliphatic rings. The molecule has 1 heterocycles. The maximum atomic E-state index is 10.7. The molecule has 1 N–H and O–H groups in total. The molecular weight excluding hydrogens is 290 g/mol. The number of aliphatic carboxylic acids is 1. The number of nitrogens with zero attached hydrogens (tertiary/aromatic N) is 1. The Hall–Kier alpha value is -1.52. The van der Waals surface area contributed by atoms with E-state index in [0.29, 0.717) is 10.9 Å². The number of methoxy groups -OCH3 is 1. The highest BCUT2D eigenvalue weighted by Gasteiger charge is 2.26. The van der Waals surface area contributed by atoms with Crippen LogP contribution in [-0.2, 0) is 9.53 Å². The van der Waals surface area contributed by atoms with Crippen LogP contribution in [0.25, 0.3) is 6.08 Å². The van der Waals surface area contributed by atoms with E-state index in [1.54, 1.807) is 19.3 Å². The van der Waals surface area contributed by atoms with Crippen LogP contribution in [0.4, 0.5) is 5.69 Å². The molecule has 4 nitrogen and oxygen atoms in total. The molecule has 0 spiro atoms. The molecule has 0 amide bonds. The summed E-state index contributed by atoms with van der Waals surface area (Å²) in [5.41, 5.74) is 1.81. The molecule has 0 aromatic heterocycles. The van der Waals surface area contributed by atoms with E-state index < -0.39 is 5.97 Å². The first kappa shape index (κ1) is 15.9. The molecule has 0 radical (unpaired) electrons. The van der Waals surface area contributed by atoms with Gasteiger partial charge in [0.05, 0.1) is 6.10 Å². The van der Waals surface area contributed by atoms with E-state index in [-0.39, 0.29) is 6.10 Å². The lowest BCUT2D eigenvalue weighted by atomic mass is 9.95. The van der Waals surface area contributed by atoms with Gasteiger partial charge in [0.25, 0.3) is 0 Å². The summed E-state index contributed by atoms with van der Waals surface area (Å²) in [6.07, 6.45) is 3.95. The summed E-state index contributed by atoms with van der Waals surface area (Å²) in [7, 11) is 1.73. The second-order valence-electron chi connectivity index (χ2n) is 5.36. The van der Waals surface area contributed by atoms with Crippen molar-refractivity contribution in [3.63, 3.8) is 0 Å². The minimum atomic E-state index is -0.969. The maximum absolute atomic E-state index is 10.7. The Bertz CT molecular complexity index is 544. The number of carbonyl (C=O) groups is 1. The Morgan fingerprint density at radius 1 is 1.52 bits per heavy atom. The number of rotatable bonds is 4. The smallest absolute Gasteiger partial charge is 0.328 e. The van der Waals surface area contributed by atoms with E-state index in [1.807, 2.05) is 12.1 Å². The largest absolute Gasteiger partial charge is 0.478 e. The molecule has 21 heavy (non-hydrogen) atoms. The molecule has 0 bridgehead atoms. The van der Waals surface area contributed by atoms with E-state index in [2.05, 4.69) is 11.8 Å². The fourth-order valence-electron chi connectivity index (χ4n) is 2.67. The predicted molar refractivity (Wildman–Crippen MR) is 84.9 cm³/mol. The standard InChI is InChI=1S/C16H20ClNO3/c1-11-7-8-18(10-15(11)21-2)14-5-4-13(17)9-12(14)3-6-16(19)20/h3-6,9,11,15H,7-8,10H2,1-2H3,(H,19,20)/b6-3+. The van der Waals surface area contributed by atoms with Gasteiger partial charge in [-0.15, -0.1) is 0 Å². The number of benzene rings is 1. The van der Waals surface area contributed by atoms with Gasteiger partial charge >= 0.3 is 5.97 Å². The third-order valence-corrected chi connectivity index (χ3v) is 4.16. The van der Waals surface area contributed by atoms with Gasteiger partial charge in [-0.05, 0) is 42.2 Å². The van der Waals surface area contributed by atoms with E-state index in [0.717, 1.165) is 36.8 Å². The average molecular weight is 310 g/mol. The zero-order valence-electron chi connectivity index (χ0n) is 12.3. The molecular formula is C16H20ClNO3. The molecule has 1 aromatic rings. The number of anilines is 1. The number of halogens is 1. The molecule has 1 aliphatic heterocycles. The summed E-state index contributed by atoms with van der Waals surface area (Å²) < 4.78 is 5.54. The number of piperidine rings is 1. The first-order valence-corrected chi connectivity index (χ1v) is 7.37. The fraction of sp³-hybridized carbons (Fsp3) is 0.438. The SMILES string of the molecule is COC1CN(c2ccc(Cl)cc2/C=C/C(=O)O)CCC1C. The monoisotopic (exact) mass is 309 g/mol. The van der Waals surface area contributed by atoms with Crippen molar-refractivity contribution in [2.45, 2.75) is 19.4 Å². The molecule has 1 fully saturated rings. The van der Waals surface area contributed by atoms with Crippen molar-refractivity contribution in [3.8, 4) is 0 Å². The van der Waals surface area contributed by atoms with Crippen LogP contribution in [0.2, 0.25) is 5.02 Å². The molecule has 0 saturated carbocycles. The summed E-state index contributed by atoms with van der Waals surface area (Å²) >= 11 is 6.03. The second kappa shape index (κ2) is 6.96. The lowest BCUT2D eigenvalue weighted by molar-refractivity contribution is -0.131. The molecule has 114 valence electrons. The third kappa shape index (κ3) is 3.99. The Morgan fingerprint density at radius 3 is 2.95 bits per heavy atom. The lowest BCUT2D eigenvalue weighted by Crippen LogP contribution is -2.44. The maximum Gasteiger partial charge on any atom is 0.328 e. The van der Waals surface area contributed by atoms with Crippen molar-refractivity contribution in [3.05, 3.63) is 34.9 Å². The molecule has 0 aliphatic carbocycles. The first-order chi connectivity index (χ1) is 10.0. The summed E-state index contributed by atoms with van der Waals surface area (Å²) in [6, 6.07) is 5.55. The van der Waals surface area contributed by atoms with Crippen molar-refractivity contribution < 1.29 is 14.6 Å². The van der Waals surface area contributed by atoms with Crippen LogP contribution >= 0.6 is 11.6 Å². The first-order valence-electron chi connectivity index (χ1n) is 6.99. The van der Waals surface area contributed by atoms with Gasteiger partial charge in [0.1, 0.15) is 0 Å². The van der Waals surface area contributed by atoms with Gasteiger partial charge in [-0.25, -0.2) is 4.79 Å². The lowest BCUT2D eigenvalue weighted by Gasteiger charge is -2.38. The Labute approximate surface area is 130 Å². The number of carboxylic acids is 1. The average Bonchev–Trinajstić information content (AvgIpc) is 2.46. The van der Waals surface area contributed by atoms with Gasteiger partial charge in [-0.3, -0.25) is 0 Å². The summed E-state index contributed by atoms with van der Waals surface area (Å²) in [5.74, 6) is -0.445. The highest BCUT2D eigenvalue weighted by molar-refractivity contribution is 6.30. The van der Waals surface area contributed by atoms with Crippen LogP contribution in [0.1, 0.15) is 18.9 Å². The molecule has 2 unspecified atom stereocenters. The second-order valence-corrected chi connectivity index (χ2v) is 5.80. The highest BCUT2D eigenvalue weighted by Crippen LogP contribution is 2.30. The summed E-state index contributed by atoms with van der Waals surface area (Å²) in [5, 5.41) is 9.40.